The monoisotopic (exact) mass is 340 g/mol. The van der Waals surface area contributed by atoms with Gasteiger partial charge in [-0.1, -0.05) is 38.1 Å². The van der Waals surface area contributed by atoms with Gasteiger partial charge in [-0.3, -0.25) is 9.59 Å². The molecule has 0 saturated carbocycles. The van der Waals surface area contributed by atoms with Gasteiger partial charge < -0.3 is 15.8 Å². The van der Waals surface area contributed by atoms with E-state index in [1.54, 1.807) is 31.2 Å². The second-order valence-electron chi connectivity index (χ2n) is 6.36. The third kappa shape index (κ3) is 4.59. The number of amides is 2. The quantitative estimate of drug-likeness (QED) is 0.842. The summed E-state index contributed by atoms with van der Waals surface area (Å²) >= 11 is 0. The number of para-hydroxylation sites is 1. The van der Waals surface area contributed by atoms with Crippen LogP contribution in [0.4, 0.5) is 5.69 Å². The number of nitrogens with two attached hydrogens (primary N) is 1. The van der Waals surface area contributed by atoms with Crippen molar-refractivity contribution in [3.05, 3.63) is 59.2 Å². The second-order valence-corrected chi connectivity index (χ2v) is 6.36. The summed E-state index contributed by atoms with van der Waals surface area (Å²) < 4.78 is 5.89. The molecule has 2 aromatic carbocycles. The van der Waals surface area contributed by atoms with Crippen molar-refractivity contribution in [3.8, 4) is 5.75 Å². The molecule has 3 N–H and O–H groups in total. The van der Waals surface area contributed by atoms with Crippen molar-refractivity contribution in [2.45, 2.75) is 39.7 Å². The Kier molecular flexibility index (Phi) is 5.80. The summed E-state index contributed by atoms with van der Waals surface area (Å²) in [7, 11) is 0. The lowest BCUT2D eigenvalue weighted by Crippen LogP contribution is -2.31. The fourth-order valence-corrected chi connectivity index (χ4v) is 2.51. The van der Waals surface area contributed by atoms with E-state index < -0.39 is 12.0 Å². The molecule has 0 saturated heterocycles. The number of ether oxygens (including phenoxy) is 1. The Morgan fingerprint density at radius 1 is 1.08 bits per heavy atom. The van der Waals surface area contributed by atoms with Gasteiger partial charge in [-0.15, -0.1) is 0 Å². The van der Waals surface area contributed by atoms with Crippen molar-refractivity contribution < 1.29 is 14.3 Å². The van der Waals surface area contributed by atoms with Gasteiger partial charge in [0.05, 0.1) is 11.3 Å². The van der Waals surface area contributed by atoms with Crippen molar-refractivity contribution in [1.29, 1.82) is 0 Å². The Bertz CT molecular complexity index is 784. The summed E-state index contributed by atoms with van der Waals surface area (Å²) in [5, 5.41) is 2.71. The molecule has 1 atom stereocenters. The zero-order valence-electron chi connectivity index (χ0n) is 15.0. The number of anilines is 1. The average Bonchev–Trinajstić information content (AvgIpc) is 2.54. The van der Waals surface area contributed by atoms with Crippen LogP contribution < -0.4 is 15.8 Å². The molecular weight excluding hydrogens is 316 g/mol. The van der Waals surface area contributed by atoms with E-state index in [9.17, 15) is 9.59 Å². The van der Waals surface area contributed by atoms with Crippen molar-refractivity contribution in [1.82, 2.24) is 0 Å². The fraction of sp³-hybridized carbons (Fsp3) is 0.300. The maximum atomic E-state index is 12.5. The summed E-state index contributed by atoms with van der Waals surface area (Å²) in [5.74, 6) is 0.0393. The molecule has 0 aromatic heterocycles. The van der Waals surface area contributed by atoms with Crippen LogP contribution in [-0.4, -0.2) is 17.9 Å². The first kappa shape index (κ1) is 18.5. The maximum Gasteiger partial charge on any atom is 0.265 e. The van der Waals surface area contributed by atoms with Crippen LogP contribution in [0.5, 0.6) is 5.75 Å². The fourth-order valence-electron chi connectivity index (χ4n) is 2.51. The van der Waals surface area contributed by atoms with E-state index in [0.717, 1.165) is 11.1 Å². The van der Waals surface area contributed by atoms with E-state index in [1.165, 1.54) is 0 Å². The highest BCUT2D eigenvalue weighted by Crippen LogP contribution is 2.28. The first-order valence-electron chi connectivity index (χ1n) is 8.26. The highest BCUT2D eigenvalue weighted by atomic mass is 16.5. The van der Waals surface area contributed by atoms with E-state index in [2.05, 4.69) is 19.2 Å². The van der Waals surface area contributed by atoms with Crippen molar-refractivity contribution >= 4 is 17.5 Å². The Balaban J connectivity index is 2.17. The predicted molar refractivity (Wildman–Crippen MR) is 98.9 cm³/mol. The molecule has 0 fully saturated rings. The second kappa shape index (κ2) is 7.83. The van der Waals surface area contributed by atoms with Gasteiger partial charge in [-0.05, 0) is 49.1 Å². The molecule has 2 aromatic rings. The Hall–Kier alpha value is -2.82. The Morgan fingerprint density at radius 2 is 1.76 bits per heavy atom. The van der Waals surface area contributed by atoms with Gasteiger partial charge in [-0.25, -0.2) is 0 Å². The third-order valence-electron chi connectivity index (χ3n) is 3.91. The van der Waals surface area contributed by atoms with Crippen LogP contribution in [0.1, 0.15) is 48.2 Å². The molecule has 5 nitrogen and oxygen atoms in total. The highest BCUT2D eigenvalue weighted by Gasteiger charge is 2.19. The molecule has 2 rings (SSSR count). The minimum atomic E-state index is -0.722. The molecule has 25 heavy (non-hydrogen) atoms. The number of hydrogen-bond donors (Lipinski definition) is 2. The molecule has 0 bridgehead atoms. The van der Waals surface area contributed by atoms with Crippen LogP contribution in [0.2, 0.25) is 0 Å². The summed E-state index contributed by atoms with van der Waals surface area (Å²) in [5.41, 5.74) is 8.09. The number of nitrogens with one attached hydrogen (secondary N) is 1. The molecule has 0 aliphatic heterocycles. The largest absolute Gasteiger partial charge is 0.481 e. The SMILES string of the molecule is Cc1ccc(C(C)C)c(O[C@@H](C)C(=O)Nc2ccccc2C(N)=O)c1. The smallest absolute Gasteiger partial charge is 0.265 e. The van der Waals surface area contributed by atoms with Crippen LogP contribution >= 0.6 is 0 Å². The lowest BCUT2D eigenvalue weighted by Gasteiger charge is -2.19. The normalized spacial score (nSPS) is 11.9. The topological polar surface area (TPSA) is 81.4 Å². The summed E-state index contributed by atoms with van der Waals surface area (Å²) in [6, 6.07) is 12.6. The van der Waals surface area contributed by atoms with Gasteiger partial charge in [0.25, 0.3) is 11.8 Å². The van der Waals surface area contributed by atoms with Gasteiger partial charge in [0, 0.05) is 0 Å². The van der Waals surface area contributed by atoms with E-state index in [4.69, 9.17) is 10.5 Å². The third-order valence-corrected chi connectivity index (χ3v) is 3.91. The minimum absolute atomic E-state index is 0.265. The van der Waals surface area contributed by atoms with Crippen molar-refractivity contribution in [2.24, 2.45) is 5.73 Å². The zero-order chi connectivity index (χ0) is 18.6. The first-order chi connectivity index (χ1) is 11.8. The lowest BCUT2D eigenvalue weighted by atomic mass is 10.0. The molecule has 0 spiro atoms. The van der Waals surface area contributed by atoms with Crippen LogP contribution in [0.3, 0.4) is 0 Å². The lowest BCUT2D eigenvalue weighted by molar-refractivity contribution is -0.122. The molecule has 0 aliphatic carbocycles. The Morgan fingerprint density at radius 3 is 2.40 bits per heavy atom. The average molecular weight is 340 g/mol. The van der Waals surface area contributed by atoms with E-state index in [0.29, 0.717) is 11.4 Å². The highest BCUT2D eigenvalue weighted by molar-refractivity contribution is 6.03. The van der Waals surface area contributed by atoms with Crippen LogP contribution in [0.15, 0.2) is 42.5 Å². The van der Waals surface area contributed by atoms with E-state index >= 15 is 0 Å². The molecule has 5 heteroatoms. The number of primary amides is 1. The molecule has 0 aliphatic rings. The maximum absolute atomic E-state index is 12.5. The van der Waals surface area contributed by atoms with Gasteiger partial charge in [-0.2, -0.15) is 0 Å². The number of carbonyl (C=O) groups excluding carboxylic acids is 2. The number of carbonyl (C=O) groups is 2. The molecule has 0 unspecified atom stereocenters. The van der Waals surface area contributed by atoms with E-state index in [1.807, 2.05) is 25.1 Å². The standard InChI is InChI=1S/C20H24N2O3/c1-12(2)15-10-9-13(3)11-18(15)25-14(4)20(24)22-17-8-6-5-7-16(17)19(21)23/h5-12,14H,1-4H3,(H2,21,23)(H,22,24)/t14-/m0/s1. The van der Waals surface area contributed by atoms with Gasteiger partial charge >= 0.3 is 0 Å². The van der Waals surface area contributed by atoms with Crippen LogP contribution in [0.25, 0.3) is 0 Å². The number of rotatable bonds is 6. The molecular formula is C20H24N2O3. The molecule has 0 heterocycles. The number of benzene rings is 2. The van der Waals surface area contributed by atoms with E-state index in [-0.39, 0.29) is 17.4 Å². The summed E-state index contributed by atoms with van der Waals surface area (Å²) in [6.07, 6.45) is -0.722. The number of hydrogen-bond acceptors (Lipinski definition) is 3. The molecule has 2 amide bonds. The molecule has 132 valence electrons. The molecule has 0 radical (unpaired) electrons. The zero-order valence-corrected chi connectivity index (χ0v) is 15.0. The van der Waals surface area contributed by atoms with Gasteiger partial charge in [0.15, 0.2) is 6.10 Å². The van der Waals surface area contributed by atoms with Gasteiger partial charge in [0.1, 0.15) is 5.75 Å². The Labute approximate surface area is 148 Å². The summed E-state index contributed by atoms with van der Waals surface area (Å²) in [6.45, 7) is 7.80. The minimum Gasteiger partial charge on any atom is -0.481 e. The van der Waals surface area contributed by atoms with Crippen molar-refractivity contribution in [3.63, 3.8) is 0 Å². The number of aryl methyl sites for hydroxylation is 1. The van der Waals surface area contributed by atoms with Crippen LogP contribution in [0, 0.1) is 6.92 Å². The van der Waals surface area contributed by atoms with Crippen LogP contribution in [-0.2, 0) is 4.79 Å². The van der Waals surface area contributed by atoms with Crippen molar-refractivity contribution in [2.75, 3.05) is 5.32 Å². The predicted octanol–water partition coefficient (Wildman–Crippen LogP) is 3.62. The first-order valence-corrected chi connectivity index (χ1v) is 8.26. The summed E-state index contributed by atoms with van der Waals surface area (Å²) in [4.78, 5) is 23.9. The van der Waals surface area contributed by atoms with Gasteiger partial charge in [0.2, 0.25) is 0 Å².